The van der Waals surface area contributed by atoms with E-state index in [0.29, 0.717) is 24.3 Å². The zero-order valence-corrected chi connectivity index (χ0v) is 16.6. The molecule has 1 N–H and O–H groups in total. The molecule has 2 fully saturated rings. The van der Waals surface area contributed by atoms with Crippen molar-refractivity contribution >= 4 is 16.8 Å². The first-order valence-electron chi connectivity index (χ1n) is 10.4. The van der Waals surface area contributed by atoms with Gasteiger partial charge in [0.1, 0.15) is 0 Å². The number of benzene rings is 1. The maximum atomic E-state index is 13.1. The Balaban J connectivity index is 1.49. The summed E-state index contributed by atoms with van der Waals surface area (Å²) in [6.45, 7) is 9.28. The van der Waals surface area contributed by atoms with Gasteiger partial charge in [0.2, 0.25) is 0 Å². The van der Waals surface area contributed by atoms with E-state index in [9.17, 15) is 4.79 Å². The molecule has 2 bridgehead atoms. The van der Waals surface area contributed by atoms with Crippen molar-refractivity contribution in [1.29, 1.82) is 0 Å². The lowest BCUT2D eigenvalue weighted by Crippen LogP contribution is -2.60. The summed E-state index contributed by atoms with van der Waals surface area (Å²) in [5.74, 6) is -0.0787. The number of unbranched alkanes of at least 4 members (excludes halogenated alkanes) is 1. The van der Waals surface area contributed by atoms with E-state index in [-0.39, 0.29) is 11.9 Å². The van der Waals surface area contributed by atoms with Crippen LogP contribution in [0.1, 0.15) is 43.1 Å². The zero-order valence-electron chi connectivity index (χ0n) is 16.6. The minimum Gasteiger partial charge on any atom is -0.378 e. The summed E-state index contributed by atoms with van der Waals surface area (Å²) in [6, 6.07) is 8.86. The van der Waals surface area contributed by atoms with Crippen LogP contribution in [0, 0.1) is 0 Å². The molecule has 0 saturated carbocycles. The van der Waals surface area contributed by atoms with Crippen LogP contribution in [0.5, 0.6) is 0 Å². The lowest BCUT2D eigenvalue weighted by atomic mass is 9.89. The summed E-state index contributed by atoms with van der Waals surface area (Å²) in [7, 11) is 0. The number of allylic oxidation sites excluding steroid dienone is 1. The van der Waals surface area contributed by atoms with E-state index in [1.54, 1.807) is 6.08 Å². The summed E-state index contributed by atoms with van der Waals surface area (Å²) in [6.07, 6.45) is 6.11. The van der Waals surface area contributed by atoms with Crippen molar-refractivity contribution in [3.8, 4) is 0 Å². The van der Waals surface area contributed by atoms with Crippen molar-refractivity contribution in [2.45, 2.75) is 57.3 Å². The van der Waals surface area contributed by atoms with E-state index >= 15 is 0 Å². The lowest BCUT2D eigenvalue weighted by Gasteiger charge is -2.48. The zero-order chi connectivity index (χ0) is 19.5. The van der Waals surface area contributed by atoms with Crippen LogP contribution in [0.3, 0.4) is 0 Å². The predicted molar refractivity (Wildman–Crippen MR) is 110 cm³/mol. The van der Waals surface area contributed by atoms with Gasteiger partial charge in [0.25, 0.3) is 5.91 Å². The average Bonchev–Trinajstić information content (AvgIpc) is 3.05. The smallest absolute Gasteiger partial charge is 0.272 e. The number of nitrogens with one attached hydrogen (secondary N) is 1. The number of ether oxygens (including phenoxy) is 1. The van der Waals surface area contributed by atoms with Crippen LogP contribution < -0.4 is 5.32 Å². The van der Waals surface area contributed by atoms with Crippen molar-refractivity contribution in [1.82, 2.24) is 20.0 Å². The van der Waals surface area contributed by atoms with Crippen LogP contribution in [0.15, 0.2) is 36.9 Å². The van der Waals surface area contributed by atoms with Gasteiger partial charge in [-0.25, -0.2) is 0 Å². The fraction of sp³-hybridized carbons (Fsp3) is 0.545. The molecule has 2 unspecified atom stereocenters. The van der Waals surface area contributed by atoms with Crippen LogP contribution >= 0.6 is 0 Å². The monoisotopic (exact) mass is 382 g/mol. The molecule has 2 saturated heterocycles. The molecule has 0 aliphatic carbocycles. The first-order valence-corrected chi connectivity index (χ1v) is 10.4. The Morgan fingerprint density at radius 1 is 1.32 bits per heavy atom. The fourth-order valence-electron chi connectivity index (χ4n) is 4.62. The third kappa shape index (κ3) is 3.71. The van der Waals surface area contributed by atoms with Crippen molar-refractivity contribution in [3.63, 3.8) is 0 Å². The second kappa shape index (κ2) is 8.45. The predicted octanol–water partition coefficient (Wildman–Crippen LogP) is 2.98. The Morgan fingerprint density at radius 2 is 2.07 bits per heavy atom. The van der Waals surface area contributed by atoms with E-state index in [2.05, 4.69) is 28.8 Å². The van der Waals surface area contributed by atoms with E-state index in [1.807, 2.05) is 28.9 Å². The third-order valence-corrected chi connectivity index (χ3v) is 5.95. The van der Waals surface area contributed by atoms with Gasteiger partial charge in [0.15, 0.2) is 5.69 Å². The van der Waals surface area contributed by atoms with Crippen LogP contribution in [0.2, 0.25) is 0 Å². The molecule has 28 heavy (non-hydrogen) atoms. The van der Waals surface area contributed by atoms with Crippen LogP contribution in [-0.2, 0) is 11.3 Å². The normalized spacial score (nSPS) is 25.0. The van der Waals surface area contributed by atoms with Gasteiger partial charge in [-0.05, 0) is 31.9 Å². The number of rotatable bonds is 7. The molecule has 4 rings (SSSR count). The Labute approximate surface area is 166 Å². The Bertz CT molecular complexity index is 832. The molecule has 2 atom stereocenters. The summed E-state index contributed by atoms with van der Waals surface area (Å²) in [5.41, 5.74) is 1.47. The number of hydrogen-bond donors (Lipinski definition) is 1. The second-order valence-electron chi connectivity index (χ2n) is 7.91. The number of nitrogens with zero attached hydrogens (tertiary/aromatic N) is 3. The molecule has 6 nitrogen and oxygen atoms in total. The molecular formula is C22H30N4O2. The number of carbonyl (C=O) groups is 1. The molecule has 2 aromatic rings. The Morgan fingerprint density at radius 3 is 2.79 bits per heavy atom. The van der Waals surface area contributed by atoms with Gasteiger partial charge < -0.3 is 10.1 Å². The van der Waals surface area contributed by atoms with Crippen molar-refractivity contribution in [2.75, 3.05) is 19.8 Å². The van der Waals surface area contributed by atoms with Gasteiger partial charge in [0, 0.05) is 23.5 Å². The summed E-state index contributed by atoms with van der Waals surface area (Å²) >= 11 is 0. The van der Waals surface area contributed by atoms with E-state index < -0.39 is 0 Å². The Hall–Kier alpha value is -2.18. The van der Waals surface area contributed by atoms with Gasteiger partial charge >= 0.3 is 0 Å². The molecular weight excluding hydrogens is 352 g/mol. The molecule has 1 amide bonds. The number of hydrogen-bond acceptors (Lipinski definition) is 4. The van der Waals surface area contributed by atoms with Crippen molar-refractivity contribution in [2.24, 2.45) is 0 Å². The standard InChI is InChI=1S/C22H30N4O2/c1-3-5-11-25-17-12-16(13-18(25)15-28-14-17)23-22(27)21-19-8-6-7-9-20(19)26(24-21)10-4-2/h4,6-9,16-18H,2-3,5,10-15H2,1H3,(H,23,27). The Kier molecular flexibility index (Phi) is 5.78. The minimum absolute atomic E-state index is 0.0787. The van der Waals surface area contributed by atoms with Crippen LogP contribution in [-0.4, -0.2) is 58.5 Å². The number of morpholine rings is 1. The van der Waals surface area contributed by atoms with E-state index in [1.165, 1.54) is 12.8 Å². The van der Waals surface area contributed by atoms with E-state index in [4.69, 9.17) is 4.74 Å². The molecule has 2 aliphatic heterocycles. The third-order valence-electron chi connectivity index (χ3n) is 5.95. The quantitative estimate of drug-likeness (QED) is 0.748. The summed E-state index contributed by atoms with van der Waals surface area (Å²) in [4.78, 5) is 15.7. The fourth-order valence-corrected chi connectivity index (χ4v) is 4.62. The number of aromatic nitrogens is 2. The highest BCUT2D eigenvalue weighted by molar-refractivity contribution is 6.05. The molecule has 6 heteroatoms. The highest BCUT2D eigenvalue weighted by Gasteiger charge is 2.39. The number of fused-ring (bicyclic) bond motifs is 3. The van der Waals surface area contributed by atoms with Crippen LogP contribution in [0.4, 0.5) is 0 Å². The van der Waals surface area contributed by atoms with E-state index in [0.717, 1.165) is 43.5 Å². The highest BCUT2D eigenvalue weighted by Crippen LogP contribution is 2.28. The number of piperidine rings is 1. The van der Waals surface area contributed by atoms with Gasteiger partial charge in [-0.15, -0.1) is 6.58 Å². The molecule has 0 spiro atoms. The maximum absolute atomic E-state index is 13.1. The molecule has 2 aliphatic rings. The highest BCUT2D eigenvalue weighted by atomic mass is 16.5. The SMILES string of the molecule is C=CCn1nc(C(=O)NC2CC3COCC(C2)N3CCCC)c2ccccc21. The molecule has 3 heterocycles. The van der Waals surface area contributed by atoms with Gasteiger partial charge in [-0.1, -0.05) is 37.6 Å². The largest absolute Gasteiger partial charge is 0.378 e. The first kappa shape index (κ1) is 19.2. The minimum atomic E-state index is -0.0787. The van der Waals surface area contributed by atoms with Crippen molar-refractivity contribution in [3.05, 3.63) is 42.6 Å². The van der Waals surface area contributed by atoms with Gasteiger partial charge in [-0.2, -0.15) is 5.10 Å². The lowest BCUT2D eigenvalue weighted by molar-refractivity contribution is -0.0802. The number of carbonyl (C=O) groups excluding carboxylic acids is 1. The topological polar surface area (TPSA) is 59.4 Å². The second-order valence-corrected chi connectivity index (χ2v) is 7.91. The summed E-state index contributed by atoms with van der Waals surface area (Å²) < 4.78 is 7.63. The van der Waals surface area contributed by atoms with Crippen molar-refractivity contribution < 1.29 is 9.53 Å². The van der Waals surface area contributed by atoms with Gasteiger partial charge in [-0.3, -0.25) is 14.4 Å². The maximum Gasteiger partial charge on any atom is 0.272 e. The molecule has 1 aromatic heterocycles. The molecule has 0 radical (unpaired) electrons. The molecule has 150 valence electrons. The molecule has 1 aromatic carbocycles. The van der Waals surface area contributed by atoms with Gasteiger partial charge in [0.05, 0.1) is 25.3 Å². The number of amides is 1. The summed E-state index contributed by atoms with van der Waals surface area (Å²) in [5, 5.41) is 8.73. The number of para-hydroxylation sites is 1. The first-order chi connectivity index (χ1) is 13.7. The average molecular weight is 383 g/mol. The van der Waals surface area contributed by atoms with Crippen LogP contribution in [0.25, 0.3) is 10.9 Å².